The molecule has 0 saturated heterocycles. The minimum absolute atomic E-state index is 0.0996. The molecule has 2 aromatic rings. The maximum Gasteiger partial charge on any atom is 0.242 e. The fraction of sp³-hybridized carbons (Fsp3) is 0.391. The maximum absolute atomic E-state index is 13.3. The van der Waals surface area contributed by atoms with Gasteiger partial charge in [-0.2, -0.15) is 0 Å². The van der Waals surface area contributed by atoms with Crippen LogP contribution in [0.3, 0.4) is 0 Å². The SMILES string of the molecule is CCNC(=O)[C@H](CC)N(Cc1ccc(Cl)c(Cl)c1)C(=O)Cc1ccc(C)c(C)c1. The number of rotatable bonds is 8. The van der Waals surface area contributed by atoms with Crippen molar-refractivity contribution < 1.29 is 9.59 Å². The zero-order chi connectivity index (χ0) is 21.6. The summed E-state index contributed by atoms with van der Waals surface area (Å²) < 4.78 is 0. The van der Waals surface area contributed by atoms with Crippen LogP contribution in [0.1, 0.15) is 42.5 Å². The summed E-state index contributed by atoms with van der Waals surface area (Å²) in [5, 5.41) is 3.72. The molecule has 2 amide bonds. The number of amides is 2. The second-order valence-corrected chi connectivity index (χ2v) is 8.00. The lowest BCUT2D eigenvalue weighted by molar-refractivity contribution is -0.140. The summed E-state index contributed by atoms with van der Waals surface area (Å²) in [4.78, 5) is 27.5. The standard InChI is InChI=1S/C23H28Cl2N2O2/c1-5-21(23(29)26-6-2)27(14-18-9-10-19(24)20(25)12-18)22(28)13-17-8-7-15(3)16(4)11-17/h7-12,21H,5-6,13-14H2,1-4H3,(H,26,29)/t21-/m0/s1. The molecule has 29 heavy (non-hydrogen) atoms. The molecular weight excluding hydrogens is 407 g/mol. The Morgan fingerprint density at radius 1 is 0.966 bits per heavy atom. The second kappa shape index (κ2) is 10.7. The topological polar surface area (TPSA) is 49.4 Å². The molecule has 1 atom stereocenters. The van der Waals surface area contributed by atoms with Crippen LogP contribution in [0.4, 0.5) is 0 Å². The van der Waals surface area contributed by atoms with E-state index in [9.17, 15) is 9.59 Å². The van der Waals surface area contributed by atoms with Crippen molar-refractivity contribution >= 4 is 35.0 Å². The molecule has 0 unspecified atom stereocenters. The first-order valence-electron chi connectivity index (χ1n) is 9.84. The first-order chi connectivity index (χ1) is 13.8. The van der Waals surface area contributed by atoms with E-state index in [0.717, 1.165) is 16.7 Å². The summed E-state index contributed by atoms with van der Waals surface area (Å²) in [5.41, 5.74) is 4.09. The van der Waals surface area contributed by atoms with E-state index in [1.54, 1.807) is 17.0 Å². The number of hydrogen-bond acceptors (Lipinski definition) is 2. The van der Waals surface area contributed by atoms with Crippen molar-refractivity contribution in [2.24, 2.45) is 0 Å². The highest BCUT2D eigenvalue weighted by molar-refractivity contribution is 6.42. The molecule has 0 saturated carbocycles. The van der Waals surface area contributed by atoms with Gasteiger partial charge in [-0.25, -0.2) is 0 Å². The molecule has 4 nitrogen and oxygen atoms in total. The van der Waals surface area contributed by atoms with Crippen molar-refractivity contribution in [2.45, 2.75) is 53.1 Å². The Labute approximate surface area is 183 Å². The number of benzene rings is 2. The molecule has 6 heteroatoms. The van der Waals surface area contributed by atoms with E-state index in [4.69, 9.17) is 23.2 Å². The summed E-state index contributed by atoms with van der Waals surface area (Å²) in [6.45, 7) is 8.65. The van der Waals surface area contributed by atoms with Crippen LogP contribution in [0.15, 0.2) is 36.4 Å². The van der Waals surface area contributed by atoms with Crippen molar-refractivity contribution in [3.63, 3.8) is 0 Å². The van der Waals surface area contributed by atoms with Crippen molar-refractivity contribution in [3.8, 4) is 0 Å². The number of carbonyl (C=O) groups excluding carboxylic acids is 2. The quantitative estimate of drug-likeness (QED) is 0.628. The van der Waals surface area contributed by atoms with E-state index in [1.807, 2.05) is 52.0 Å². The molecule has 1 N–H and O–H groups in total. The molecule has 0 spiro atoms. The van der Waals surface area contributed by atoms with Gasteiger partial charge in [0.15, 0.2) is 0 Å². The molecule has 0 bridgehead atoms. The van der Waals surface area contributed by atoms with Gasteiger partial charge in [0.05, 0.1) is 16.5 Å². The normalized spacial score (nSPS) is 11.8. The first-order valence-corrected chi connectivity index (χ1v) is 10.6. The van der Waals surface area contributed by atoms with Gasteiger partial charge in [-0.05, 0) is 61.6 Å². The summed E-state index contributed by atoms with van der Waals surface area (Å²) in [5.74, 6) is -0.249. The Kier molecular flexibility index (Phi) is 8.54. The van der Waals surface area contributed by atoms with Gasteiger partial charge in [0.25, 0.3) is 0 Å². The van der Waals surface area contributed by atoms with Gasteiger partial charge in [0.2, 0.25) is 11.8 Å². The number of nitrogens with one attached hydrogen (secondary N) is 1. The molecule has 0 radical (unpaired) electrons. The lowest BCUT2D eigenvalue weighted by Crippen LogP contribution is -2.49. The molecular formula is C23H28Cl2N2O2. The number of carbonyl (C=O) groups is 2. The molecule has 0 heterocycles. The third-order valence-electron chi connectivity index (χ3n) is 5.00. The zero-order valence-corrected chi connectivity index (χ0v) is 18.9. The largest absolute Gasteiger partial charge is 0.355 e. The van der Waals surface area contributed by atoms with Gasteiger partial charge < -0.3 is 10.2 Å². The van der Waals surface area contributed by atoms with E-state index >= 15 is 0 Å². The Balaban J connectivity index is 2.32. The fourth-order valence-corrected chi connectivity index (χ4v) is 3.56. The Morgan fingerprint density at radius 2 is 1.66 bits per heavy atom. The predicted molar refractivity (Wildman–Crippen MR) is 119 cm³/mol. The smallest absolute Gasteiger partial charge is 0.242 e. The molecule has 0 fully saturated rings. The van der Waals surface area contributed by atoms with Gasteiger partial charge >= 0.3 is 0 Å². The summed E-state index contributed by atoms with van der Waals surface area (Å²) in [7, 11) is 0. The number of nitrogens with zero attached hydrogens (tertiary/aromatic N) is 1. The van der Waals surface area contributed by atoms with E-state index in [1.165, 1.54) is 5.56 Å². The van der Waals surface area contributed by atoms with Crippen molar-refractivity contribution in [1.29, 1.82) is 0 Å². The molecule has 156 valence electrons. The van der Waals surface area contributed by atoms with Gasteiger partial charge in [0, 0.05) is 13.1 Å². The summed E-state index contributed by atoms with van der Waals surface area (Å²) in [6.07, 6.45) is 0.754. The third kappa shape index (κ3) is 6.22. The van der Waals surface area contributed by atoms with Crippen molar-refractivity contribution in [3.05, 3.63) is 68.7 Å². The third-order valence-corrected chi connectivity index (χ3v) is 5.74. The summed E-state index contributed by atoms with van der Waals surface area (Å²) in [6, 6.07) is 10.7. The van der Waals surface area contributed by atoms with Crippen LogP contribution in [0.25, 0.3) is 0 Å². The fourth-order valence-electron chi connectivity index (χ4n) is 3.24. The highest BCUT2D eigenvalue weighted by Crippen LogP contribution is 2.24. The lowest BCUT2D eigenvalue weighted by Gasteiger charge is -2.31. The van der Waals surface area contributed by atoms with Crippen LogP contribution >= 0.6 is 23.2 Å². The van der Waals surface area contributed by atoms with Crippen LogP contribution < -0.4 is 5.32 Å². The minimum atomic E-state index is -0.552. The van der Waals surface area contributed by atoms with Crippen molar-refractivity contribution in [1.82, 2.24) is 10.2 Å². The molecule has 2 rings (SSSR count). The monoisotopic (exact) mass is 434 g/mol. The van der Waals surface area contributed by atoms with Crippen LogP contribution in [0, 0.1) is 13.8 Å². The Bertz CT molecular complexity index is 883. The average molecular weight is 435 g/mol. The number of hydrogen-bond donors (Lipinski definition) is 1. The summed E-state index contributed by atoms with van der Waals surface area (Å²) >= 11 is 12.2. The van der Waals surface area contributed by atoms with Crippen LogP contribution in [0.5, 0.6) is 0 Å². The Hall–Kier alpha value is -2.04. The van der Waals surface area contributed by atoms with Gasteiger partial charge in [-0.15, -0.1) is 0 Å². The van der Waals surface area contributed by atoms with Crippen LogP contribution in [0.2, 0.25) is 10.0 Å². The van der Waals surface area contributed by atoms with E-state index in [-0.39, 0.29) is 24.8 Å². The first kappa shape index (κ1) is 23.2. The highest BCUT2D eigenvalue weighted by atomic mass is 35.5. The average Bonchev–Trinajstić information content (AvgIpc) is 2.67. The van der Waals surface area contributed by atoms with E-state index < -0.39 is 6.04 Å². The van der Waals surface area contributed by atoms with Gasteiger partial charge in [-0.1, -0.05) is 54.4 Å². The molecule has 0 aromatic heterocycles. The molecule has 0 aliphatic rings. The predicted octanol–water partition coefficient (Wildman–Crippen LogP) is 5.10. The number of aryl methyl sites for hydroxylation is 2. The molecule has 0 aliphatic carbocycles. The van der Waals surface area contributed by atoms with Gasteiger partial charge in [0.1, 0.15) is 6.04 Å². The second-order valence-electron chi connectivity index (χ2n) is 7.18. The lowest BCUT2D eigenvalue weighted by atomic mass is 10.0. The van der Waals surface area contributed by atoms with Crippen molar-refractivity contribution in [2.75, 3.05) is 6.54 Å². The molecule has 0 aliphatic heterocycles. The van der Waals surface area contributed by atoms with Gasteiger partial charge in [-0.3, -0.25) is 9.59 Å². The van der Waals surface area contributed by atoms with Crippen LogP contribution in [-0.4, -0.2) is 29.3 Å². The minimum Gasteiger partial charge on any atom is -0.355 e. The number of halogens is 2. The van der Waals surface area contributed by atoms with E-state index in [0.29, 0.717) is 23.0 Å². The highest BCUT2D eigenvalue weighted by Gasteiger charge is 2.28. The zero-order valence-electron chi connectivity index (χ0n) is 17.4. The Morgan fingerprint density at radius 3 is 2.24 bits per heavy atom. The maximum atomic E-state index is 13.3. The van der Waals surface area contributed by atoms with Crippen LogP contribution in [-0.2, 0) is 22.6 Å². The number of likely N-dealkylation sites (N-methyl/N-ethyl adjacent to an activating group) is 1. The molecule has 2 aromatic carbocycles. The van der Waals surface area contributed by atoms with E-state index in [2.05, 4.69) is 5.32 Å².